The highest BCUT2D eigenvalue weighted by Gasteiger charge is 2.23. The summed E-state index contributed by atoms with van der Waals surface area (Å²) in [6.07, 6.45) is 5.63. The Morgan fingerprint density at radius 3 is 3.20 bits per heavy atom. The van der Waals surface area contributed by atoms with E-state index in [0.717, 1.165) is 30.7 Å². The minimum absolute atomic E-state index is 0.186. The van der Waals surface area contributed by atoms with Gasteiger partial charge in [-0.15, -0.1) is 0 Å². The van der Waals surface area contributed by atoms with Gasteiger partial charge in [0.2, 0.25) is 0 Å². The van der Waals surface area contributed by atoms with Crippen LogP contribution in [0.4, 0.5) is 0 Å². The molecule has 15 heavy (non-hydrogen) atoms. The number of hydrogen-bond acceptors (Lipinski definition) is 3. The molecule has 0 bridgehead atoms. The minimum atomic E-state index is -0.186. The fourth-order valence-corrected chi connectivity index (χ4v) is 3.28. The Hall–Kier alpha value is -0.480. The van der Waals surface area contributed by atoms with Crippen LogP contribution in [0.2, 0.25) is 0 Å². The highest BCUT2D eigenvalue weighted by molar-refractivity contribution is 7.99. The van der Waals surface area contributed by atoms with Gasteiger partial charge in [0.15, 0.2) is 0 Å². The maximum Gasteiger partial charge on any atom is 0.0618 e. The summed E-state index contributed by atoms with van der Waals surface area (Å²) >= 11 is 1.95. The van der Waals surface area contributed by atoms with E-state index in [-0.39, 0.29) is 6.10 Å². The van der Waals surface area contributed by atoms with Crippen molar-refractivity contribution in [2.45, 2.75) is 32.4 Å². The van der Waals surface area contributed by atoms with Gasteiger partial charge in [0, 0.05) is 19.2 Å². The van der Waals surface area contributed by atoms with Gasteiger partial charge in [0.25, 0.3) is 0 Å². The van der Waals surface area contributed by atoms with E-state index in [1.807, 2.05) is 28.8 Å². The summed E-state index contributed by atoms with van der Waals surface area (Å²) in [6.45, 7) is 2.97. The molecule has 1 aromatic rings. The Balaban J connectivity index is 1.89. The second-order valence-electron chi connectivity index (χ2n) is 4.10. The highest BCUT2D eigenvalue weighted by atomic mass is 32.2. The number of aromatic nitrogens is 2. The van der Waals surface area contributed by atoms with Crippen molar-refractivity contribution in [2.24, 2.45) is 5.92 Å². The smallest absolute Gasteiger partial charge is 0.0618 e. The van der Waals surface area contributed by atoms with Gasteiger partial charge < -0.3 is 5.11 Å². The summed E-state index contributed by atoms with van der Waals surface area (Å²) in [6, 6.07) is 0. The summed E-state index contributed by atoms with van der Waals surface area (Å²) in [4.78, 5) is 0. The second kappa shape index (κ2) is 5.03. The Morgan fingerprint density at radius 1 is 1.73 bits per heavy atom. The molecule has 0 radical (unpaired) electrons. The first-order valence-corrected chi connectivity index (χ1v) is 6.72. The van der Waals surface area contributed by atoms with E-state index in [4.69, 9.17) is 0 Å². The van der Waals surface area contributed by atoms with Gasteiger partial charge in [-0.3, -0.25) is 4.68 Å². The maximum atomic E-state index is 10.0. The summed E-state index contributed by atoms with van der Waals surface area (Å²) in [7, 11) is 0. The van der Waals surface area contributed by atoms with E-state index in [1.54, 1.807) is 0 Å². The van der Waals surface area contributed by atoms with E-state index < -0.39 is 0 Å². The Bertz CT molecular complexity index is 307. The number of thioether (sulfide) groups is 1. The molecule has 1 aliphatic rings. The first-order chi connectivity index (χ1) is 7.29. The van der Waals surface area contributed by atoms with Gasteiger partial charge in [0.1, 0.15) is 0 Å². The number of aliphatic hydroxyl groups excluding tert-OH is 1. The largest absolute Gasteiger partial charge is 0.392 e. The molecular formula is C11H18N2OS. The molecule has 84 valence electrons. The molecule has 1 fully saturated rings. The standard InChI is InChI=1S/C11H18N2OS/c1-2-13-7-9(6-12-13)5-11(14)10-3-4-15-8-10/h6-7,10-11,14H,2-5,8H2,1H3. The molecule has 2 atom stereocenters. The lowest BCUT2D eigenvalue weighted by Crippen LogP contribution is -2.22. The SMILES string of the molecule is CCn1cc(CC(O)C2CCSC2)cn1. The number of aryl methyl sites for hydroxylation is 1. The van der Waals surface area contributed by atoms with Crippen molar-refractivity contribution >= 4 is 11.8 Å². The van der Waals surface area contributed by atoms with Crippen LogP contribution in [0.1, 0.15) is 18.9 Å². The summed E-state index contributed by atoms with van der Waals surface area (Å²) < 4.78 is 1.91. The molecule has 2 unspecified atom stereocenters. The van der Waals surface area contributed by atoms with E-state index >= 15 is 0 Å². The Labute approximate surface area is 94.9 Å². The Kier molecular flexibility index (Phi) is 3.70. The molecule has 1 N–H and O–H groups in total. The number of nitrogens with zero attached hydrogens (tertiary/aromatic N) is 2. The van der Waals surface area contributed by atoms with E-state index in [9.17, 15) is 5.11 Å². The number of aliphatic hydroxyl groups is 1. The zero-order valence-electron chi connectivity index (χ0n) is 9.09. The van der Waals surface area contributed by atoms with Crippen molar-refractivity contribution in [3.63, 3.8) is 0 Å². The molecule has 0 spiro atoms. The van der Waals surface area contributed by atoms with Gasteiger partial charge >= 0.3 is 0 Å². The van der Waals surface area contributed by atoms with Crippen LogP contribution in [-0.4, -0.2) is 32.5 Å². The first kappa shape index (κ1) is 11.0. The lowest BCUT2D eigenvalue weighted by molar-refractivity contribution is 0.120. The van der Waals surface area contributed by atoms with Crippen molar-refractivity contribution < 1.29 is 5.11 Å². The average molecular weight is 226 g/mol. The van der Waals surface area contributed by atoms with Gasteiger partial charge in [-0.1, -0.05) is 0 Å². The molecule has 0 saturated carbocycles. The molecule has 1 aliphatic heterocycles. The van der Waals surface area contributed by atoms with Crippen molar-refractivity contribution in [1.82, 2.24) is 9.78 Å². The van der Waals surface area contributed by atoms with Crippen LogP contribution in [0.5, 0.6) is 0 Å². The fourth-order valence-electron chi connectivity index (χ4n) is 1.95. The predicted molar refractivity (Wildman–Crippen MR) is 63.0 cm³/mol. The van der Waals surface area contributed by atoms with Crippen molar-refractivity contribution in [1.29, 1.82) is 0 Å². The molecule has 0 aromatic carbocycles. The van der Waals surface area contributed by atoms with Crippen LogP contribution in [0.3, 0.4) is 0 Å². The molecular weight excluding hydrogens is 208 g/mol. The molecule has 2 heterocycles. The average Bonchev–Trinajstić information content (AvgIpc) is 2.87. The zero-order valence-corrected chi connectivity index (χ0v) is 9.91. The zero-order chi connectivity index (χ0) is 10.7. The van der Waals surface area contributed by atoms with Crippen LogP contribution in [0, 0.1) is 5.92 Å². The third kappa shape index (κ3) is 2.75. The summed E-state index contributed by atoms with van der Waals surface area (Å²) in [5, 5.41) is 14.2. The molecule has 2 rings (SSSR count). The third-order valence-corrected chi connectivity index (χ3v) is 4.15. The highest BCUT2D eigenvalue weighted by Crippen LogP contribution is 2.27. The van der Waals surface area contributed by atoms with Gasteiger partial charge in [0.05, 0.1) is 12.3 Å². The topological polar surface area (TPSA) is 38.0 Å². The quantitative estimate of drug-likeness (QED) is 0.846. The minimum Gasteiger partial charge on any atom is -0.392 e. The molecule has 3 nitrogen and oxygen atoms in total. The van der Waals surface area contributed by atoms with E-state index in [1.165, 1.54) is 5.75 Å². The first-order valence-electron chi connectivity index (χ1n) is 5.56. The van der Waals surface area contributed by atoms with Crippen molar-refractivity contribution in [2.75, 3.05) is 11.5 Å². The van der Waals surface area contributed by atoms with Crippen LogP contribution in [0.15, 0.2) is 12.4 Å². The molecule has 0 amide bonds. The number of hydrogen-bond donors (Lipinski definition) is 1. The van der Waals surface area contributed by atoms with E-state index in [2.05, 4.69) is 12.0 Å². The van der Waals surface area contributed by atoms with Crippen LogP contribution in [0.25, 0.3) is 0 Å². The third-order valence-electron chi connectivity index (χ3n) is 2.96. The van der Waals surface area contributed by atoms with E-state index in [0.29, 0.717) is 5.92 Å². The molecule has 1 aromatic heterocycles. The second-order valence-corrected chi connectivity index (χ2v) is 5.25. The molecule has 4 heteroatoms. The monoisotopic (exact) mass is 226 g/mol. The lowest BCUT2D eigenvalue weighted by Gasteiger charge is -2.15. The van der Waals surface area contributed by atoms with Gasteiger partial charge in [-0.25, -0.2) is 0 Å². The normalized spacial score (nSPS) is 23.2. The van der Waals surface area contributed by atoms with Gasteiger partial charge in [-0.05, 0) is 36.3 Å². The fraction of sp³-hybridized carbons (Fsp3) is 0.727. The van der Waals surface area contributed by atoms with Gasteiger partial charge in [-0.2, -0.15) is 16.9 Å². The van der Waals surface area contributed by atoms with Crippen LogP contribution >= 0.6 is 11.8 Å². The summed E-state index contributed by atoms with van der Waals surface area (Å²) in [5.41, 5.74) is 1.15. The number of rotatable bonds is 4. The predicted octanol–water partition coefficient (Wildman–Crippen LogP) is 1.56. The van der Waals surface area contributed by atoms with Crippen molar-refractivity contribution in [3.05, 3.63) is 18.0 Å². The summed E-state index contributed by atoms with van der Waals surface area (Å²) in [5.74, 6) is 2.80. The van der Waals surface area contributed by atoms with Crippen LogP contribution < -0.4 is 0 Å². The maximum absolute atomic E-state index is 10.0. The molecule has 1 saturated heterocycles. The Morgan fingerprint density at radius 2 is 2.60 bits per heavy atom. The lowest BCUT2D eigenvalue weighted by atomic mass is 9.97. The van der Waals surface area contributed by atoms with Crippen molar-refractivity contribution in [3.8, 4) is 0 Å². The molecule has 0 aliphatic carbocycles. The van der Waals surface area contributed by atoms with Crippen LogP contribution in [-0.2, 0) is 13.0 Å².